The summed E-state index contributed by atoms with van der Waals surface area (Å²) >= 11 is 0. The number of anilines is 1. The van der Waals surface area contributed by atoms with Crippen molar-refractivity contribution in [1.82, 2.24) is 9.88 Å². The molecule has 2 rings (SSSR count). The second-order valence-corrected chi connectivity index (χ2v) is 4.23. The molecule has 4 heteroatoms. The number of aromatic nitrogens is 1. The minimum Gasteiger partial charge on any atom is -0.397 e. The molecule has 1 saturated carbocycles. The molecule has 16 heavy (non-hydrogen) atoms. The number of amides is 1. The van der Waals surface area contributed by atoms with Gasteiger partial charge in [-0.05, 0) is 37.8 Å². The Morgan fingerprint density at radius 3 is 2.94 bits per heavy atom. The van der Waals surface area contributed by atoms with Crippen LogP contribution in [0.4, 0.5) is 5.69 Å². The Kier molecular flexibility index (Phi) is 3.08. The van der Waals surface area contributed by atoms with Gasteiger partial charge in [-0.2, -0.15) is 0 Å². The maximum absolute atomic E-state index is 12.1. The largest absolute Gasteiger partial charge is 0.397 e. The molecule has 1 aromatic rings. The van der Waals surface area contributed by atoms with Gasteiger partial charge < -0.3 is 10.6 Å². The van der Waals surface area contributed by atoms with Gasteiger partial charge >= 0.3 is 0 Å². The van der Waals surface area contributed by atoms with Crippen LogP contribution < -0.4 is 5.73 Å². The van der Waals surface area contributed by atoms with Gasteiger partial charge in [0.25, 0.3) is 5.91 Å². The highest BCUT2D eigenvalue weighted by Gasteiger charge is 2.27. The Morgan fingerprint density at radius 2 is 2.38 bits per heavy atom. The minimum atomic E-state index is -0.0486. The normalized spacial score (nSPS) is 14.8. The van der Waals surface area contributed by atoms with Crippen molar-refractivity contribution >= 4 is 11.6 Å². The van der Waals surface area contributed by atoms with E-state index < -0.39 is 0 Å². The molecule has 1 aliphatic rings. The summed E-state index contributed by atoms with van der Waals surface area (Å²) in [6.07, 6.45) is 4.08. The first kappa shape index (κ1) is 10.9. The minimum absolute atomic E-state index is 0.0486. The molecular weight excluding hydrogens is 202 g/mol. The predicted octanol–water partition coefficient (Wildman–Crippen LogP) is 1.54. The SMILES string of the molecule is CCN(CC1CC1)C(=O)c1ncccc1N. The zero-order valence-corrected chi connectivity index (χ0v) is 9.52. The van der Waals surface area contributed by atoms with Crippen LogP contribution in [0.5, 0.6) is 0 Å². The molecule has 0 aliphatic heterocycles. The summed E-state index contributed by atoms with van der Waals surface area (Å²) in [5.41, 5.74) is 6.59. The average Bonchev–Trinajstić information content (AvgIpc) is 3.09. The third-order valence-electron chi connectivity index (χ3n) is 2.89. The number of carbonyl (C=O) groups is 1. The Labute approximate surface area is 95.5 Å². The second kappa shape index (κ2) is 4.51. The van der Waals surface area contributed by atoms with E-state index in [1.165, 1.54) is 12.8 Å². The molecular formula is C12H17N3O. The van der Waals surface area contributed by atoms with E-state index in [-0.39, 0.29) is 5.91 Å². The maximum atomic E-state index is 12.1. The van der Waals surface area contributed by atoms with Crippen molar-refractivity contribution in [1.29, 1.82) is 0 Å². The fourth-order valence-corrected chi connectivity index (χ4v) is 1.71. The van der Waals surface area contributed by atoms with Gasteiger partial charge in [0.15, 0.2) is 5.69 Å². The third-order valence-corrected chi connectivity index (χ3v) is 2.89. The standard InChI is InChI=1S/C12H17N3O/c1-2-15(8-9-5-6-9)12(16)11-10(13)4-3-7-14-11/h3-4,7,9H,2,5-6,8,13H2,1H3. The van der Waals surface area contributed by atoms with Crippen LogP contribution in [0.3, 0.4) is 0 Å². The summed E-state index contributed by atoms with van der Waals surface area (Å²) in [5.74, 6) is 0.640. The first-order chi connectivity index (χ1) is 7.72. The third kappa shape index (κ3) is 2.32. The fraction of sp³-hybridized carbons (Fsp3) is 0.500. The molecule has 1 heterocycles. The summed E-state index contributed by atoms with van der Waals surface area (Å²) in [6.45, 7) is 3.54. The zero-order valence-electron chi connectivity index (χ0n) is 9.52. The number of nitrogen functional groups attached to an aromatic ring is 1. The second-order valence-electron chi connectivity index (χ2n) is 4.23. The average molecular weight is 219 g/mol. The van der Waals surface area contributed by atoms with Gasteiger partial charge in [-0.3, -0.25) is 4.79 Å². The van der Waals surface area contributed by atoms with E-state index >= 15 is 0 Å². The summed E-state index contributed by atoms with van der Waals surface area (Å²) in [4.78, 5) is 18.0. The van der Waals surface area contributed by atoms with Gasteiger partial charge in [0.2, 0.25) is 0 Å². The van der Waals surface area contributed by atoms with Crippen LogP contribution in [0.25, 0.3) is 0 Å². The highest BCUT2D eigenvalue weighted by molar-refractivity contribution is 5.97. The van der Waals surface area contributed by atoms with Gasteiger partial charge in [-0.1, -0.05) is 0 Å². The molecule has 1 aliphatic carbocycles. The van der Waals surface area contributed by atoms with Crippen LogP contribution in [0.2, 0.25) is 0 Å². The van der Waals surface area contributed by atoms with Crippen LogP contribution in [0.15, 0.2) is 18.3 Å². The van der Waals surface area contributed by atoms with E-state index in [0.29, 0.717) is 23.8 Å². The van der Waals surface area contributed by atoms with E-state index in [9.17, 15) is 4.79 Å². The van der Waals surface area contributed by atoms with E-state index in [1.54, 1.807) is 18.3 Å². The lowest BCUT2D eigenvalue weighted by atomic mass is 10.2. The first-order valence-corrected chi connectivity index (χ1v) is 5.72. The lowest BCUT2D eigenvalue weighted by Gasteiger charge is -2.20. The smallest absolute Gasteiger partial charge is 0.274 e. The van der Waals surface area contributed by atoms with E-state index in [0.717, 1.165) is 6.54 Å². The number of carbonyl (C=O) groups excluding carboxylic acids is 1. The molecule has 4 nitrogen and oxygen atoms in total. The molecule has 0 spiro atoms. The first-order valence-electron chi connectivity index (χ1n) is 5.72. The van der Waals surface area contributed by atoms with Gasteiger partial charge in [0.05, 0.1) is 5.69 Å². The van der Waals surface area contributed by atoms with Crippen LogP contribution in [-0.2, 0) is 0 Å². The zero-order chi connectivity index (χ0) is 11.5. The lowest BCUT2D eigenvalue weighted by Crippen LogP contribution is -2.33. The Morgan fingerprint density at radius 1 is 1.62 bits per heavy atom. The quantitative estimate of drug-likeness (QED) is 0.835. The summed E-state index contributed by atoms with van der Waals surface area (Å²) in [5, 5.41) is 0. The molecule has 0 radical (unpaired) electrons. The van der Waals surface area contributed by atoms with Crippen molar-refractivity contribution in [3.8, 4) is 0 Å². The molecule has 2 N–H and O–H groups in total. The van der Waals surface area contributed by atoms with Crippen molar-refractivity contribution in [2.45, 2.75) is 19.8 Å². The van der Waals surface area contributed by atoms with Crippen molar-refractivity contribution in [3.05, 3.63) is 24.0 Å². The molecule has 0 bridgehead atoms. The molecule has 0 unspecified atom stereocenters. The Bertz CT molecular complexity index is 388. The molecule has 1 aromatic heterocycles. The summed E-state index contributed by atoms with van der Waals surface area (Å²) < 4.78 is 0. The number of hydrogen-bond acceptors (Lipinski definition) is 3. The van der Waals surface area contributed by atoms with Crippen molar-refractivity contribution < 1.29 is 4.79 Å². The Balaban J connectivity index is 2.12. The Hall–Kier alpha value is -1.58. The fourth-order valence-electron chi connectivity index (χ4n) is 1.71. The van der Waals surface area contributed by atoms with Gasteiger partial charge in [-0.15, -0.1) is 0 Å². The summed E-state index contributed by atoms with van der Waals surface area (Å²) in [6, 6.07) is 3.45. The number of hydrogen-bond donors (Lipinski definition) is 1. The highest BCUT2D eigenvalue weighted by Crippen LogP contribution is 2.30. The molecule has 86 valence electrons. The number of rotatable bonds is 4. The predicted molar refractivity (Wildman–Crippen MR) is 63.0 cm³/mol. The molecule has 1 amide bonds. The van der Waals surface area contributed by atoms with Crippen LogP contribution >= 0.6 is 0 Å². The highest BCUT2D eigenvalue weighted by atomic mass is 16.2. The number of pyridine rings is 1. The van der Waals surface area contributed by atoms with E-state index in [2.05, 4.69) is 4.98 Å². The van der Waals surface area contributed by atoms with E-state index in [4.69, 9.17) is 5.73 Å². The van der Waals surface area contributed by atoms with Crippen molar-refractivity contribution in [2.75, 3.05) is 18.8 Å². The lowest BCUT2D eigenvalue weighted by molar-refractivity contribution is 0.0752. The van der Waals surface area contributed by atoms with Gasteiger partial charge in [-0.25, -0.2) is 4.98 Å². The van der Waals surface area contributed by atoms with Crippen LogP contribution in [-0.4, -0.2) is 28.9 Å². The van der Waals surface area contributed by atoms with Crippen LogP contribution in [0, 0.1) is 5.92 Å². The van der Waals surface area contributed by atoms with E-state index in [1.807, 2.05) is 11.8 Å². The van der Waals surface area contributed by atoms with Crippen LogP contribution in [0.1, 0.15) is 30.3 Å². The van der Waals surface area contributed by atoms with Crippen molar-refractivity contribution in [3.63, 3.8) is 0 Å². The summed E-state index contributed by atoms with van der Waals surface area (Å²) in [7, 11) is 0. The van der Waals surface area contributed by atoms with Gasteiger partial charge in [0, 0.05) is 19.3 Å². The molecule has 0 aromatic carbocycles. The van der Waals surface area contributed by atoms with Gasteiger partial charge in [0.1, 0.15) is 0 Å². The molecule has 0 saturated heterocycles. The topological polar surface area (TPSA) is 59.2 Å². The maximum Gasteiger partial charge on any atom is 0.274 e. The molecule has 0 atom stereocenters. The number of nitrogens with two attached hydrogens (primary N) is 1. The molecule has 1 fully saturated rings. The van der Waals surface area contributed by atoms with Crippen molar-refractivity contribution in [2.24, 2.45) is 5.92 Å². The monoisotopic (exact) mass is 219 g/mol. The number of nitrogens with zero attached hydrogens (tertiary/aromatic N) is 2.